The van der Waals surface area contributed by atoms with Gasteiger partial charge in [-0.1, -0.05) is 6.92 Å². The fraction of sp³-hybridized carbons (Fsp3) is 0.400. The van der Waals surface area contributed by atoms with E-state index in [0.717, 1.165) is 40.5 Å². The van der Waals surface area contributed by atoms with Gasteiger partial charge in [-0.2, -0.15) is 0 Å². The Morgan fingerprint density at radius 3 is 2.95 bits per heavy atom. The normalized spacial score (nSPS) is 19.9. The first-order chi connectivity index (χ1) is 9.49. The molecular formula is C15H15BrFNO2. The van der Waals surface area contributed by atoms with E-state index in [-0.39, 0.29) is 11.7 Å². The third-order valence-corrected chi connectivity index (χ3v) is 4.89. The van der Waals surface area contributed by atoms with Crippen molar-refractivity contribution in [2.24, 2.45) is 5.92 Å². The highest BCUT2D eigenvalue weighted by molar-refractivity contribution is 9.10. The van der Waals surface area contributed by atoms with Gasteiger partial charge in [0.2, 0.25) is 0 Å². The van der Waals surface area contributed by atoms with E-state index in [2.05, 4.69) is 20.5 Å². The Kier molecular flexibility index (Phi) is 3.32. The molecule has 0 aliphatic carbocycles. The van der Waals surface area contributed by atoms with Gasteiger partial charge in [0.15, 0.2) is 0 Å². The highest BCUT2D eigenvalue weighted by Crippen LogP contribution is 2.39. The third-order valence-electron chi connectivity index (χ3n) is 4.24. The number of benzene rings is 1. The maximum atomic E-state index is 13.6. The summed E-state index contributed by atoms with van der Waals surface area (Å²) in [6, 6.07) is 4.98. The van der Waals surface area contributed by atoms with Crippen molar-refractivity contribution in [3.8, 4) is 0 Å². The largest absolute Gasteiger partial charge is 0.481 e. The molecule has 3 nitrogen and oxygen atoms in total. The lowest BCUT2D eigenvalue weighted by Crippen LogP contribution is -2.25. The first kappa shape index (κ1) is 13.6. The van der Waals surface area contributed by atoms with E-state index in [1.807, 2.05) is 6.07 Å². The number of halogens is 2. The Hall–Kier alpha value is -1.36. The van der Waals surface area contributed by atoms with E-state index in [1.165, 1.54) is 12.1 Å². The molecule has 5 heteroatoms. The predicted octanol–water partition coefficient (Wildman–Crippen LogP) is 4.14. The number of carboxylic acids is 1. The zero-order valence-electron chi connectivity index (χ0n) is 11.1. The van der Waals surface area contributed by atoms with Crippen LogP contribution in [0.2, 0.25) is 0 Å². The smallest absolute Gasteiger partial charge is 0.306 e. The van der Waals surface area contributed by atoms with Crippen LogP contribution in [0.25, 0.3) is 10.9 Å². The lowest BCUT2D eigenvalue weighted by molar-refractivity contribution is -0.142. The van der Waals surface area contributed by atoms with Crippen LogP contribution in [0.1, 0.15) is 31.4 Å². The van der Waals surface area contributed by atoms with E-state index < -0.39 is 11.9 Å². The number of aryl methyl sites for hydroxylation is 1. The fourth-order valence-electron chi connectivity index (χ4n) is 3.15. The summed E-state index contributed by atoms with van der Waals surface area (Å²) in [5, 5.41) is 10.2. The van der Waals surface area contributed by atoms with E-state index in [1.54, 1.807) is 6.92 Å². The van der Waals surface area contributed by atoms with Crippen LogP contribution < -0.4 is 0 Å². The summed E-state index contributed by atoms with van der Waals surface area (Å²) >= 11 is 3.39. The molecule has 2 heterocycles. The third kappa shape index (κ3) is 2.04. The molecule has 2 atom stereocenters. The molecule has 0 spiro atoms. The van der Waals surface area contributed by atoms with Gasteiger partial charge in [0.1, 0.15) is 5.82 Å². The highest BCUT2D eigenvalue weighted by atomic mass is 79.9. The van der Waals surface area contributed by atoms with Gasteiger partial charge in [-0.15, -0.1) is 0 Å². The number of hydrogen-bond donors (Lipinski definition) is 1. The average Bonchev–Trinajstić information content (AvgIpc) is 2.77. The maximum absolute atomic E-state index is 13.6. The minimum atomic E-state index is -0.779. The standard InChI is InChI=1S/C15H15BrFNO2/c1-8(15(19)20)10-3-2-4-18-13-6-9(17)5-12(16)11(13)7-14(10)18/h5-8,10H,2-4H2,1H3,(H,19,20). The summed E-state index contributed by atoms with van der Waals surface area (Å²) < 4.78 is 16.4. The zero-order chi connectivity index (χ0) is 14.4. The Morgan fingerprint density at radius 1 is 1.50 bits per heavy atom. The van der Waals surface area contributed by atoms with Crippen molar-refractivity contribution in [1.82, 2.24) is 4.57 Å². The second kappa shape index (κ2) is 4.88. The van der Waals surface area contributed by atoms with Crippen molar-refractivity contribution in [3.05, 3.63) is 34.2 Å². The molecule has 3 rings (SSSR count). The molecule has 106 valence electrons. The first-order valence-corrected chi connectivity index (χ1v) is 7.49. The van der Waals surface area contributed by atoms with E-state index in [4.69, 9.17) is 0 Å². The van der Waals surface area contributed by atoms with Gasteiger partial charge < -0.3 is 9.67 Å². The summed E-state index contributed by atoms with van der Waals surface area (Å²) in [7, 11) is 0. The van der Waals surface area contributed by atoms with Crippen LogP contribution >= 0.6 is 15.9 Å². The summed E-state index contributed by atoms with van der Waals surface area (Å²) in [6.07, 6.45) is 1.79. The van der Waals surface area contributed by atoms with Crippen molar-refractivity contribution in [3.63, 3.8) is 0 Å². The van der Waals surface area contributed by atoms with Crippen molar-refractivity contribution in [2.45, 2.75) is 32.2 Å². The van der Waals surface area contributed by atoms with Gasteiger partial charge in [0.05, 0.1) is 11.4 Å². The molecule has 2 aromatic rings. The zero-order valence-corrected chi connectivity index (χ0v) is 12.7. The number of fused-ring (bicyclic) bond motifs is 3. The number of aromatic nitrogens is 1. The molecule has 0 amide bonds. The van der Waals surface area contributed by atoms with Gasteiger partial charge in [-0.3, -0.25) is 4.79 Å². The van der Waals surface area contributed by atoms with Crippen LogP contribution in [0, 0.1) is 11.7 Å². The molecule has 0 radical (unpaired) electrons. The predicted molar refractivity (Wildman–Crippen MR) is 78.4 cm³/mol. The molecule has 1 aliphatic heterocycles. The first-order valence-electron chi connectivity index (χ1n) is 6.70. The van der Waals surface area contributed by atoms with Crippen LogP contribution in [-0.2, 0) is 11.3 Å². The van der Waals surface area contributed by atoms with Gasteiger partial charge in [0, 0.05) is 28.0 Å². The van der Waals surface area contributed by atoms with Gasteiger partial charge in [-0.05, 0) is 47.0 Å². The van der Waals surface area contributed by atoms with E-state index in [9.17, 15) is 14.3 Å². The Morgan fingerprint density at radius 2 is 2.25 bits per heavy atom. The average molecular weight is 340 g/mol. The highest BCUT2D eigenvalue weighted by Gasteiger charge is 2.31. The second-order valence-corrected chi connectivity index (χ2v) is 6.27. The minimum Gasteiger partial charge on any atom is -0.481 e. The van der Waals surface area contributed by atoms with Crippen LogP contribution in [0.5, 0.6) is 0 Å². The van der Waals surface area contributed by atoms with Crippen molar-refractivity contribution in [2.75, 3.05) is 0 Å². The molecule has 0 saturated carbocycles. The molecule has 1 aliphatic rings. The van der Waals surface area contributed by atoms with E-state index >= 15 is 0 Å². The Balaban J connectivity index is 2.20. The van der Waals surface area contributed by atoms with Crippen LogP contribution in [-0.4, -0.2) is 15.6 Å². The summed E-state index contributed by atoms with van der Waals surface area (Å²) in [5.74, 6) is -1.50. The number of hydrogen-bond acceptors (Lipinski definition) is 1. The van der Waals surface area contributed by atoms with Crippen molar-refractivity contribution in [1.29, 1.82) is 0 Å². The number of aliphatic carboxylic acids is 1. The number of carbonyl (C=O) groups is 1. The maximum Gasteiger partial charge on any atom is 0.306 e. The summed E-state index contributed by atoms with van der Waals surface area (Å²) in [5.41, 5.74) is 1.85. The van der Waals surface area contributed by atoms with Gasteiger partial charge >= 0.3 is 5.97 Å². The van der Waals surface area contributed by atoms with Gasteiger partial charge in [-0.25, -0.2) is 4.39 Å². The topological polar surface area (TPSA) is 42.2 Å². The Labute approximate surface area is 124 Å². The molecular weight excluding hydrogens is 325 g/mol. The summed E-state index contributed by atoms with van der Waals surface area (Å²) in [4.78, 5) is 11.3. The summed E-state index contributed by atoms with van der Waals surface area (Å²) in [6.45, 7) is 2.56. The minimum absolute atomic E-state index is 0.0105. The number of rotatable bonds is 2. The lowest BCUT2D eigenvalue weighted by Gasteiger charge is -2.28. The number of carboxylic acid groups (broad SMARTS) is 1. The molecule has 0 fully saturated rings. The molecule has 1 N–H and O–H groups in total. The lowest BCUT2D eigenvalue weighted by atomic mass is 9.85. The van der Waals surface area contributed by atoms with Gasteiger partial charge in [0.25, 0.3) is 0 Å². The molecule has 2 unspecified atom stereocenters. The van der Waals surface area contributed by atoms with Crippen molar-refractivity contribution < 1.29 is 14.3 Å². The SMILES string of the molecule is CC(C(=O)O)C1CCCn2c1cc1c(Br)cc(F)cc12. The molecule has 0 bridgehead atoms. The van der Waals surface area contributed by atoms with Crippen LogP contribution in [0.15, 0.2) is 22.7 Å². The monoisotopic (exact) mass is 339 g/mol. The second-order valence-electron chi connectivity index (χ2n) is 5.42. The molecule has 1 aromatic carbocycles. The van der Waals surface area contributed by atoms with Crippen LogP contribution in [0.3, 0.4) is 0 Å². The molecule has 0 saturated heterocycles. The fourth-order valence-corrected chi connectivity index (χ4v) is 3.69. The number of nitrogens with zero attached hydrogens (tertiary/aromatic N) is 1. The van der Waals surface area contributed by atoms with Crippen LogP contribution in [0.4, 0.5) is 4.39 Å². The quantitative estimate of drug-likeness (QED) is 0.893. The van der Waals surface area contributed by atoms with E-state index in [0.29, 0.717) is 0 Å². The molecule has 20 heavy (non-hydrogen) atoms. The Bertz CT molecular complexity index is 695. The van der Waals surface area contributed by atoms with Crippen molar-refractivity contribution >= 4 is 32.8 Å². The molecule has 1 aromatic heterocycles.